The van der Waals surface area contributed by atoms with Crippen molar-refractivity contribution < 1.29 is 14.6 Å². The summed E-state index contributed by atoms with van der Waals surface area (Å²) in [6.07, 6.45) is 1.42. The van der Waals surface area contributed by atoms with Crippen LogP contribution in [0.1, 0.15) is 25.8 Å². The number of aryl methyl sites for hydroxylation is 1. The molecule has 2 rings (SSSR count). The molecule has 0 atom stereocenters. The smallest absolute Gasteiger partial charge is 0.301 e. The van der Waals surface area contributed by atoms with Gasteiger partial charge in [0.15, 0.2) is 0 Å². The molecule has 0 heterocycles. The molecule has 0 bridgehead atoms. The van der Waals surface area contributed by atoms with E-state index in [0.717, 1.165) is 29.5 Å². The number of nitro benzene ring substituents is 2. The van der Waals surface area contributed by atoms with Crippen LogP contribution in [-0.2, 0) is 6.42 Å². The Balaban J connectivity index is 2.15. The van der Waals surface area contributed by atoms with Gasteiger partial charge in [-0.15, -0.1) is 0 Å². The molecule has 9 nitrogen and oxygen atoms in total. The first-order chi connectivity index (χ1) is 13.3. The van der Waals surface area contributed by atoms with Gasteiger partial charge in [0, 0.05) is 11.8 Å². The van der Waals surface area contributed by atoms with Crippen LogP contribution in [0.2, 0.25) is 0 Å². The van der Waals surface area contributed by atoms with Gasteiger partial charge in [-0.05, 0) is 42.5 Å². The SMILES string of the molecule is COc1ccc(CC/C(=N\Nc2ccc([N+](=O)[O-])cc2[N+](=O)[O-])C(C)C)cc1. The molecule has 0 unspecified atom stereocenters. The Morgan fingerprint density at radius 1 is 1.11 bits per heavy atom. The number of non-ortho nitro benzene ring substituents is 1. The maximum Gasteiger partial charge on any atom is 0.301 e. The van der Waals surface area contributed by atoms with Crippen molar-refractivity contribution in [1.82, 2.24) is 0 Å². The molecule has 0 amide bonds. The maximum atomic E-state index is 11.2. The fourth-order valence-electron chi connectivity index (χ4n) is 2.55. The maximum absolute atomic E-state index is 11.2. The Morgan fingerprint density at radius 3 is 2.32 bits per heavy atom. The Morgan fingerprint density at radius 2 is 1.79 bits per heavy atom. The van der Waals surface area contributed by atoms with Crippen molar-refractivity contribution in [2.24, 2.45) is 11.0 Å². The minimum Gasteiger partial charge on any atom is -0.497 e. The topological polar surface area (TPSA) is 120 Å². The zero-order chi connectivity index (χ0) is 20.7. The monoisotopic (exact) mass is 386 g/mol. The fraction of sp³-hybridized carbons (Fsp3) is 0.316. The van der Waals surface area contributed by atoms with Crippen LogP contribution < -0.4 is 10.2 Å². The van der Waals surface area contributed by atoms with Gasteiger partial charge in [0.1, 0.15) is 11.4 Å². The lowest BCUT2D eigenvalue weighted by atomic mass is 10.00. The van der Waals surface area contributed by atoms with Crippen molar-refractivity contribution in [2.45, 2.75) is 26.7 Å². The van der Waals surface area contributed by atoms with Gasteiger partial charge in [-0.25, -0.2) is 0 Å². The van der Waals surface area contributed by atoms with Crippen molar-refractivity contribution in [3.05, 3.63) is 68.3 Å². The van der Waals surface area contributed by atoms with E-state index in [1.165, 1.54) is 12.1 Å². The van der Waals surface area contributed by atoms with Crippen LogP contribution in [-0.4, -0.2) is 22.7 Å². The highest BCUT2D eigenvalue weighted by Gasteiger charge is 2.19. The van der Waals surface area contributed by atoms with E-state index in [9.17, 15) is 20.2 Å². The number of nitro groups is 2. The molecule has 0 fully saturated rings. The lowest BCUT2D eigenvalue weighted by molar-refractivity contribution is -0.393. The van der Waals surface area contributed by atoms with Crippen LogP contribution in [0.5, 0.6) is 5.75 Å². The molecule has 2 aromatic carbocycles. The summed E-state index contributed by atoms with van der Waals surface area (Å²) in [6, 6.07) is 11.2. The lowest BCUT2D eigenvalue weighted by Gasteiger charge is -2.11. The quantitative estimate of drug-likeness (QED) is 0.383. The second-order valence-corrected chi connectivity index (χ2v) is 6.43. The molecule has 2 aromatic rings. The summed E-state index contributed by atoms with van der Waals surface area (Å²) in [5.74, 6) is 0.913. The molecule has 0 aliphatic rings. The predicted molar refractivity (Wildman–Crippen MR) is 107 cm³/mol. The molecule has 0 aliphatic heterocycles. The zero-order valence-corrected chi connectivity index (χ0v) is 15.9. The van der Waals surface area contributed by atoms with Crippen molar-refractivity contribution in [1.29, 1.82) is 0 Å². The van der Waals surface area contributed by atoms with Gasteiger partial charge in [0.25, 0.3) is 5.69 Å². The molecule has 0 saturated carbocycles. The zero-order valence-electron chi connectivity index (χ0n) is 15.9. The van der Waals surface area contributed by atoms with Crippen LogP contribution in [0.3, 0.4) is 0 Å². The first kappa shape index (κ1) is 20.8. The van der Waals surface area contributed by atoms with E-state index in [0.29, 0.717) is 6.42 Å². The van der Waals surface area contributed by atoms with E-state index in [1.54, 1.807) is 7.11 Å². The highest BCUT2D eigenvalue weighted by atomic mass is 16.6. The summed E-state index contributed by atoms with van der Waals surface area (Å²) < 4.78 is 5.14. The highest BCUT2D eigenvalue weighted by molar-refractivity contribution is 5.87. The molecule has 0 aliphatic carbocycles. The van der Waals surface area contributed by atoms with Gasteiger partial charge in [-0.3, -0.25) is 25.7 Å². The summed E-state index contributed by atoms with van der Waals surface area (Å²) in [5, 5.41) is 26.4. The van der Waals surface area contributed by atoms with E-state index in [2.05, 4.69) is 10.5 Å². The third-order valence-electron chi connectivity index (χ3n) is 4.20. The first-order valence-electron chi connectivity index (χ1n) is 8.70. The standard InChI is InChI=1S/C19H22N4O5/c1-13(2)17(10-6-14-4-8-16(28-3)9-5-14)20-21-18-11-7-15(22(24)25)12-19(18)23(26)27/h4-5,7-9,11-13,21H,6,10H2,1-3H3/b20-17+. The third kappa shape index (κ3) is 5.50. The summed E-state index contributed by atoms with van der Waals surface area (Å²) >= 11 is 0. The summed E-state index contributed by atoms with van der Waals surface area (Å²) in [6.45, 7) is 3.97. The van der Waals surface area contributed by atoms with Gasteiger partial charge in [-0.1, -0.05) is 26.0 Å². The largest absolute Gasteiger partial charge is 0.497 e. The molecule has 0 saturated heterocycles. The number of hydrazone groups is 1. The van der Waals surface area contributed by atoms with Crippen LogP contribution in [0.4, 0.5) is 17.1 Å². The van der Waals surface area contributed by atoms with Gasteiger partial charge in [0.2, 0.25) is 0 Å². The average Bonchev–Trinajstić information content (AvgIpc) is 2.67. The minimum atomic E-state index is -0.672. The normalized spacial score (nSPS) is 11.4. The number of methoxy groups -OCH3 is 1. The summed E-state index contributed by atoms with van der Waals surface area (Å²) in [4.78, 5) is 20.7. The van der Waals surface area contributed by atoms with E-state index in [-0.39, 0.29) is 17.3 Å². The number of nitrogens with one attached hydrogen (secondary N) is 1. The number of hydrogen-bond acceptors (Lipinski definition) is 7. The van der Waals surface area contributed by atoms with Crippen molar-refractivity contribution in [3.8, 4) is 5.75 Å². The molecule has 0 spiro atoms. The van der Waals surface area contributed by atoms with E-state index in [4.69, 9.17) is 4.74 Å². The molecule has 28 heavy (non-hydrogen) atoms. The fourth-order valence-corrected chi connectivity index (χ4v) is 2.55. The number of ether oxygens (including phenoxy) is 1. The highest BCUT2D eigenvalue weighted by Crippen LogP contribution is 2.29. The number of hydrogen-bond donors (Lipinski definition) is 1. The Kier molecular flexibility index (Phi) is 7.02. The summed E-state index contributed by atoms with van der Waals surface area (Å²) in [5.41, 5.74) is 4.03. The third-order valence-corrected chi connectivity index (χ3v) is 4.20. The van der Waals surface area contributed by atoms with E-state index < -0.39 is 15.5 Å². The van der Waals surface area contributed by atoms with Crippen LogP contribution in [0.25, 0.3) is 0 Å². The van der Waals surface area contributed by atoms with Crippen molar-refractivity contribution >= 4 is 22.8 Å². The second kappa shape index (κ2) is 9.45. The van der Waals surface area contributed by atoms with Crippen LogP contribution in [0.15, 0.2) is 47.6 Å². The molecular formula is C19H22N4O5. The predicted octanol–water partition coefficient (Wildman–Crippen LogP) is 4.57. The molecule has 148 valence electrons. The summed E-state index contributed by atoms with van der Waals surface area (Å²) in [7, 11) is 1.61. The van der Waals surface area contributed by atoms with Gasteiger partial charge >= 0.3 is 5.69 Å². The first-order valence-corrected chi connectivity index (χ1v) is 8.70. The van der Waals surface area contributed by atoms with Crippen molar-refractivity contribution in [2.75, 3.05) is 12.5 Å². The van der Waals surface area contributed by atoms with Gasteiger partial charge < -0.3 is 4.74 Å². The molecular weight excluding hydrogens is 364 g/mol. The van der Waals surface area contributed by atoms with Crippen LogP contribution >= 0.6 is 0 Å². The van der Waals surface area contributed by atoms with E-state index >= 15 is 0 Å². The van der Waals surface area contributed by atoms with Crippen molar-refractivity contribution in [3.63, 3.8) is 0 Å². The second-order valence-electron chi connectivity index (χ2n) is 6.43. The lowest BCUT2D eigenvalue weighted by Crippen LogP contribution is -2.12. The number of benzene rings is 2. The van der Waals surface area contributed by atoms with Gasteiger partial charge in [0.05, 0.1) is 23.0 Å². The van der Waals surface area contributed by atoms with E-state index in [1.807, 2.05) is 38.1 Å². The Bertz CT molecular complexity index is 878. The van der Waals surface area contributed by atoms with Crippen LogP contribution in [0, 0.1) is 26.1 Å². The number of anilines is 1. The average molecular weight is 386 g/mol. The molecule has 0 radical (unpaired) electrons. The van der Waals surface area contributed by atoms with Gasteiger partial charge in [-0.2, -0.15) is 5.10 Å². The minimum absolute atomic E-state index is 0.109. The Labute approximate surface area is 162 Å². The molecule has 0 aromatic heterocycles. The molecule has 9 heteroatoms. The Hall–Kier alpha value is -3.49. The number of rotatable bonds is 9. The molecule has 1 N–H and O–H groups in total. The number of nitrogens with zero attached hydrogens (tertiary/aromatic N) is 3.